The minimum Gasteiger partial charge on any atom is -0.462 e. The number of benzene rings is 1. The summed E-state index contributed by atoms with van der Waals surface area (Å²) in [5.74, 6) is 0.241. The van der Waals surface area contributed by atoms with Crippen LogP contribution in [0.15, 0.2) is 42.0 Å². The summed E-state index contributed by atoms with van der Waals surface area (Å²) >= 11 is 0. The Morgan fingerprint density at radius 3 is 2.42 bits per heavy atom. The zero-order valence-electron chi connectivity index (χ0n) is 19.8. The summed E-state index contributed by atoms with van der Waals surface area (Å²) in [4.78, 5) is 37.7. The van der Waals surface area contributed by atoms with Crippen LogP contribution in [0.1, 0.15) is 76.1 Å². The molecule has 3 saturated carbocycles. The van der Waals surface area contributed by atoms with Crippen LogP contribution in [0.3, 0.4) is 0 Å². The van der Waals surface area contributed by atoms with E-state index in [1.165, 1.54) is 12.5 Å². The second-order valence-corrected chi connectivity index (χ2v) is 11.1. The number of ether oxygens (including phenoxy) is 2. The van der Waals surface area contributed by atoms with Crippen molar-refractivity contribution < 1.29 is 23.9 Å². The lowest BCUT2D eigenvalue weighted by Crippen LogP contribution is -2.54. The van der Waals surface area contributed by atoms with Crippen LogP contribution < -0.4 is 0 Å². The maximum atomic E-state index is 13.5. The van der Waals surface area contributed by atoms with E-state index in [0.717, 1.165) is 38.5 Å². The van der Waals surface area contributed by atoms with E-state index in [0.29, 0.717) is 17.9 Å². The molecule has 5 rings (SSSR count). The van der Waals surface area contributed by atoms with Gasteiger partial charge >= 0.3 is 11.9 Å². The molecule has 3 fully saturated rings. The monoisotopic (exact) mass is 450 g/mol. The largest absolute Gasteiger partial charge is 0.462 e. The highest BCUT2D eigenvalue weighted by atomic mass is 16.5. The van der Waals surface area contributed by atoms with Crippen molar-refractivity contribution in [3.05, 3.63) is 47.5 Å². The molecule has 1 aromatic carbocycles. The summed E-state index contributed by atoms with van der Waals surface area (Å²) in [5, 5.41) is 0. The summed E-state index contributed by atoms with van der Waals surface area (Å²) in [6.45, 7) is 6.00. The van der Waals surface area contributed by atoms with Gasteiger partial charge in [0.1, 0.15) is 12.2 Å². The first-order valence-corrected chi connectivity index (χ1v) is 12.4. The van der Waals surface area contributed by atoms with Gasteiger partial charge in [-0.2, -0.15) is 0 Å². The fraction of sp³-hybridized carbons (Fsp3) is 0.607. The van der Waals surface area contributed by atoms with Crippen LogP contribution in [0.25, 0.3) is 0 Å². The molecule has 0 N–H and O–H groups in total. The van der Waals surface area contributed by atoms with Gasteiger partial charge in [0.05, 0.1) is 5.56 Å². The molecular formula is C28H34O5. The molecule has 1 aromatic rings. The van der Waals surface area contributed by atoms with Gasteiger partial charge in [0, 0.05) is 24.7 Å². The van der Waals surface area contributed by atoms with Gasteiger partial charge in [0.15, 0.2) is 5.78 Å². The number of hydrogen-bond donors (Lipinski definition) is 0. The smallest absolute Gasteiger partial charge is 0.338 e. The molecule has 0 bridgehead atoms. The van der Waals surface area contributed by atoms with Gasteiger partial charge in [0.25, 0.3) is 0 Å². The number of hydrogen-bond acceptors (Lipinski definition) is 5. The highest BCUT2D eigenvalue weighted by Gasteiger charge is 2.62. The van der Waals surface area contributed by atoms with E-state index in [1.807, 2.05) is 24.3 Å². The Balaban J connectivity index is 1.37. The van der Waals surface area contributed by atoms with Crippen LogP contribution in [0.4, 0.5) is 0 Å². The Morgan fingerprint density at radius 1 is 0.939 bits per heavy atom. The molecular weight excluding hydrogens is 416 g/mol. The maximum Gasteiger partial charge on any atom is 0.338 e. The van der Waals surface area contributed by atoms with Gasteiger partial charge in [-0.15, -0.1) is 0 Å². The molecule has 176 valence electrons. The first kappa shape index (κ1) is 22.4. The number of rotatable bonds is 3. The molecule has 0 radical (unpaired) electrons. The van der Waals surface area contributed by atoms with Crippen molar-refractivity contribution in [2.24, 2.45) is 28.6 Å². The van der Waals surface area contributed by atoms with Gasteiger partial charge in [0.2, 0.25) is 0 Å². The fourth-order valence-corrected chi connectivity index (χ4v) is 7.62. The van der Waals surface area contributed by atoms with Crippen LogP contribution in [0, 0.1) is 28.6 Å². The van der Waals surface area contributed by atoms with Crippen LogP contribution >= 0.6 is 0 Å². The first-order valence-electron chi connectivity index (χ1n) is 12.4. The number of esters is 2. The van der Waals surface area contributed by atoms with Crippen LogP contribution in [-0.4, -0.2) is 29.9 Å². The lowest BCUT2D eigenvalue weighted by Gasteiger charge is -2.56. The predicted octanol–water partition coefficient (Wildman–Crippen LogP) is 5.29. The topological polar surface area (TPSA) is 69.7 Å². The summed E-state index contributed by atoms with van der Waals surface area (Å²) in [6.07, 6.45) is 7.75. The van der Waals surface area contributed by atoms with E-state index in [4.69, 9.17) is 9.47 Å². The molecule has 0 heterocycles. The molecule has 4 aliphatic carbocycles. The van der Waals surface area contributed by atoms with Crippen molar-refractivity contribution in [2.45, 2.75) is 77.9 Å². The summed E-state index contributed by atoms with van der Waals surface area (Å²) < 4.78 is 11.5. The SMILES string of the molecule is CC(=O)O[C@@H]1CC[C@@]2(C)C(=CC(=O)[C@H]3[C@H]4CC[C@H](OC(=O)c5ccccc5)[C@@]4(C)CC[C@@H]32)C1. The van der Waals surface area contributed by atoms with E-state index in [9.17, 15) is 14.4 Å². The molecule has 0 saturated heterocycles. The predicted molar refractivity (Wildman–Crippen MR) is 123 cm³/mol. The summed E-state index contributed by atoms with van der Waals surface area (Å²) in [7, 11) is 0. The van der Waals surface area contributed by atoms with Gasteiger partial charge in [-0.1, -0.05) is 37.6 Å². The van der Waals surface area contributed by atoms with Crippen LogP contribution in [-0.2, 0) is 19.1 Å². The minimum absolute atomic E-state index is 0.0109. The summed E-state index contributed by atoms with van der Waals surface area (Å²) in [6, 6.07) is 9.17. The third-order valence-electron chi connectivity index (χ3n) is 9.41. The van der Waals surface area contributed by atoms with Crippen LogP contribution in [0.2, 0.25) is 0 Å². The fourth-order valence-electron chi connectivity index (χ4n) is 7.62. The Hall–Kier alpha value is -2.43. The van der Waals surface area contributed by atoms with E-state index in [-0.39, 0.29) is 52.6 Å². The van der Waals surface area contributed by atoms with Crippen molar-refractivity contribution in [1.29, 1.82) is 0 Å². The van der Waals surface area contributed by atoms with Crippen LogP contribution in [0.5, 0.6) is 0 Å². The standard InChI is InChI=1S/C28H34O5/c1-17(29)32-20-11-13-27(2)19(15-20)16-23(30)25-21-9-10-24(28(21,3)14-12-22(25)27)33-26(31)18-7-5-4-6-8-18/h4-8,16,20-22,24-25H,9-15H2,1-3H3/t20-,21-,22+,24+,25+,27+,28+/m1/s1. The second kappa shape index (κ2) is 8.11. The molecule has 0 spiro atoms. The Morgan fingerprint density at radius 2 is 1.70 bits per heavy atom. The number of carbonyl (C=O) groups is 3. The highest BCUT2D eigenvalue weighted by Crippen LogP contribution is 2.64. The van der Waals surface area contributed by atoms with Crippen molar-refractivity contribution in [3.63, 3.8) is 0 Å². The molecule has 0 aromatic heterocycles. The average molecular weight is 451 g/mol. The molecule has 0 aliphatic heterocycles. The lowest BCUT2D eigenvalue weighted by molar-refractivity contribution is -0.149. The summed E-state index contributed by atoms with van der Waals surface area (Å²) in [5.41, 5.74) is 1.56. The van der Waals surface area contributed by atoms with E-state index < -0.39 is 0 Å². The van der Waals surface area contributed by atoms with E-state index >= 15 is 0 Å². The molecule has 7 atom stereocenters. The minimum atomic E-state index is -0.266. The second-order valence-electron chi connectivity index (χ2n) is 11.1. The molecule has 0 unspecified atom stereocenters. The maximum absolute atomic E-state index is 13.5. The van der Waals surface area contributed by atoms with Gasteiger partial charge in [-0.05, 0) is 74.0 Å². The molecule has 4 aliphatic rings. The van der Waals surface area contributed by atoms with Crippen molar-refractivity contribution >= 4 is 17.7 Å². The highest BCUT2D eigenvalue weighted by molar-refractivity contribution is 5.94. The first-order chi connectivity index (χ1) is 15.7. The van der Waals surface area contributed by atoms with Gasteiger partial charge < -0.3 is 9.47 Å². The van der Waals surface area contributed by atoms with Gasteiger partial charge in [-0.25, -0.2) is 4.79 Å². The Bertz CT molecular complexity index is 997. The molecule has 5 heteroatoms. The molecule has 5 nitrogen and oxygen atoms in total. The Labute approximate surface area is 195 Å². The van der Waals surface area contributed by atoms with E-state index in [1.54, 1.807) is 12.1 Å². The normalized spacial score (nSPS) is 39.5. The quantitative estimate of drug-likeness (QED) is 0.586. The number of carbonyl (C=O) groups excluding carboxylic acids is 3. The van der Waals surface area contributed by atoms with E-state index in [2.05, 4.69) is 13.8 Å². The molecule has 33 heavy (non-hydrogen) atoms. The number of fused-ring (bicyclic) bond motifs is 5. The third-order valence-corrected chi connectivity index (χ3v) is 9.41. The average Bonchev–Trinajstić information content (AvgIpc) is 3.11. The van der Waals surface area contributed by atoms with Gasteiger partial charge in [-0.3, -0.25) is 9.59 Å². The zero-order valence-corrected chi connectivity index (χ0v) is 19.8. The Kier molecular flexibility index (Phi) is 5.49. The number of ketones is 1. The third kappa shape index (κ3) is 3.64. The van der Waals surface area contributed by atoms with Crippen molar-refractivity contribution in [2.75, 3.05) is 0 Å². The zero-order chi connectivity index (χ0) is 23.4. The number of allylic oxidation sites excluding steroid dienone is 1. The molecule has 0 amide bonds. The lowest BCUT2D eigenvalue weighted by atomic mass is 9.47. The van der Waals surface area contributed by atoms with Crippen molar-refractivity contribution in [3.8, 4) is 0 Å². The van der Waals surface area contributed by atoms with Crippen molar-refractivity contribution in [1.82, 2.24) is 0 Å².